The molecule has 0 aromatic rings. The molecule has 0 radical (unpaired) electrons. The Morgan fingerprint density at radius 1 is 1.36 bits per heavy atom. The van der Waals surface area contributed by atoms with Crippen molar-refractivity contribution < 1.29 is 9.59 Å². The zero-order valence-corrected chi connectivity index (χ0v) is 9.01. The summed E-state index contributed by atoms with van der Waals surface area (Å²) in [6.07, 6.45) is 4.36. The normalized spacial score (nSPS) is 31.6. The molecule has 0 amide bonds. The SMILES string of the molecule is CC1(C)CCC(=O)C(C(=O)C2CC2)C1. The monoisotopic (exact) mass is 194 g/mol. The molecule has 0 N–H and O–H groups in total. The molecular formula is C12H18O2. The average molecular weight is 194 g/mol. The van der Waals surface area contributed by atoms with Gasteiger partial charge in [-0.15, -0.1) is 0 Å². The average Bonchev–Trinajstić information content (AvgIpc) is 2.91. The molecule has 0 saturated heterocycles. The summed E-state index contributed by atoms with van der Waals surface area (Å²) < 4.78 is 0. The van der Waals surface area contributed by atoms with Crippen molar-refractivity contribution in [3.8, 4) is 0 Å². The molecule has 0 spiro atoms. The molecule has 14 heavy (non-hydrogen) atoms. The van der Waals surface area contributed by atoms with Gasteiger partial charge in [0.05, 0.1) is 5.92 Å². The van der Waals surface area contributed by atoms with E-state index in [0.29, 0.717) is 6.42 Å². The molecule has 78 valence electrons. The molecule has 0 bridgehead atoms. The Kier molecular flexibility index (Phi) is 2.24. The van der Waals surface area contributed by atoms with Crippen LogP contribution >= 0.6 is 0 Å². The maximum atomic E-state index is 11.8. The van der Waals surface area contributed by atoms with Crippen LogP contribution in [0.1, 0.15) is 46.0 Å². The molecule has 0 heterocycles. The molecule has 2 rings (SSSR count). The number of carbonyl (C=O) groups is 2. The topological polar surface area (TPSA) is 34.1 Å². The minimum atomic E-state index is -0.258. The number of ketones is 2. The Morgan fingerprint density at radius 3 is 2.57 bits per heavy atom. The third-order valence-corrected chi connectivity index (χ3v) is 3.52. The third-order valence-electron chi connectivity index (χ3n) is 3.52. The van der Waals surface area contributed by atoms with Gasteiger partial charge in [0.2, 0.25) is 0 Å². The van der Waals surface area contributed by atoms with Gasteiger partial charge in [0, 0.05) is 12.3 Å². The van der Waals surface area contributed by atoms with Crippen molar-refractivity contribution in [3.05, 3.63) is 0 Å². The maximum Gasteiger partial charge on any atom is 0.146 e. The van der Waals surface area contributed by atoms with Gasteiger partial charge in [-0.2, -0.15) is 0 Å². The van der Waals surface area contributed by atoms with Gasteiger partial charge < -0.3 is 0 Å². The van der Waals surface area contributed by atoms with Crippen molar-refractivity contribution in [2.75, 3.05) is 0 Å². The smallest absolute Gasteiger partial charge is 0.146 e. The highest BCUT2D eigenvalue weighted by Gasteiger charge is 2.42. The molecule has 1 atom stereocenters. The van der Waals surface area contributed by atoms with Gasteiger partial charge in [0.1, 0.15) is 11.6 Å². The predicted molar refractivity (Wildman–Crippen MR) is 53.9 cm³/mol. The van der Waals surface area contributed by atoms with Crippen LogP contribution in [0.2, 0.25) is 0 Å². The second-order valence-corrected chi connectivity index (χ2v) is 5.56. The highest BCUT2D eigenvalue weighted by Crippen LogP contribution is 2.41. The summed E-state index contributed by atoms with van der Waals surface area (Å²) in [5.74, 6) is 0.410. The standard InChI is InChI=1S/C12H18O2/c1-12(2)6-5-10(13)9(7-12)11(14)8-3-4-8/h8-9H,3-7H2,1-2H3. The first-order valence-corrected chi connectivity index (χ1v) is 5.56. The summed E-state index contributed by atoms with van der Waals surface area (Å²) in [6.45, 7) is 4.32. The van der Waals surface area contributed by atoms with Gasteiger partial charge in [0.15, 0.2) is 0 Å². The van der Waals surface area contributed by atoms with E-state index in [1.807, 2.05) is 0 Å². The predicted octanol–water partition coefficient (Wildman–Crippen LogP) is 2.36. The van der Waals surface area contributed by atoms with E-state index in [4.69, 9.17) is 0 Å². The Labute approximate surface area is 85.1 Å². The fraction of sp³-hybridized carbons (Fsp3) is 0.833. The van der Waals surface area contributed by atoms with E-state index in [2.05, 4.69) is 13.8 Å². The number of rotatable bonds is 2. The van der Waals surface area contributed by atoms with Crippen molar-refractivity contribution in [3.63, 3.8) is 0 Å². The number of Topliss-reactive ketones (excluding diaryl/α,β-unsaturated/α-hetero) is 2. The van der Waals surface area contributed by atoms with Crippen molar-refractivity contribution in [2.24, 2.45) is 17.3 Å². The molecule has 0 aromatic heterocycles. The fourth-order valence-electron chi connectivity index (χ4n) is 2.32. The van der Waals surface area contributed by atoms with Crippen molar-refractivity contribution in [2.45, 2.75) is 46.0 Å². The molecule has 2 heteroatoms. The second-order valence-electron chi connectivity index (χ2n) is 5.56. The van der Waals surface area contributed by atoms with Gasteiger partial charge >= 0.3 is 0 Å². The fourth-order valence-corrected chi connectivity index (χ4v) is 2.32. The Bertz CT molecular complexity index is 274. The summed E-state index contributed by atoms with van der Waals surface area (Å²) in [6, 6.07) is 0. The van der Waals surface area contributed by atoms with Gasteiger partial charge in [-0.1, -0.05) is 13.8 Å². The van der Waals surface area contributed by atoms with Crippen LogP contribution < -0.4 is 0 Å². The van der Waals surface area contributed by atoms with Crippen LogP contribution in [-0.4, -0.2) is 11.6 Å². The largest absolute Gasteiger partial charge is 0.299 e. The van der Waals surface area contributed by atoms with Gasteiger partial charge in [-0.3, -0.25) is 9.59 Å². The third kappa shape index (κ3) is 1.89. The zero-order valence-electron chi connectivity index (χ0n) is 9.01. The first-order chi connectivity index (χ1) is 6.49. The lowest BCUT2D eigenvalue weighted by Crippen LogP contribution is -2.35. The summed E-state index contributed by atoms with van der Waals surface area (Å²) >= 11 is 0. The minimum Gasteiger partial charge on any atom is -0.299 e. The van der Waals surface area contributed by atoms with E-state index < -0.39 is 0 Å². The molecule has 2 aliphatic carbocycles. The van der Waals surface area contributed by atoms with Crippen LogP contribution in [0.25, 0.3) is 0 Å². The summed E-state index contributed by atoms with van der Waals surface area (Å²) in [5, 5.41) is 0. The summed E-state index contributed by atoms with van der Waals surface area (Å²) in [7, 11) is 0. The van der Waals surface area contributed by atoms with Crippen molar-refractivity contribution in [1.29, 1.82) is 0 Å². The van der Waals surface area contributed by atoms with Gasteiger partial charge in [-0.05, 0) is 31.1 Å². The lowest BCUT2D eigenvalue weighted by Gasteiger charge is -2.33. The van der Waals surface area contributed by atoms with Crippen molar-refractivity contribution >= 4 is 11.6 Å². The maximum absolute atomic E-state index is 11.8. The molecule has 1 unspecified atom stereocenters. The Balaban J connectivity index is 2.07. The molecule has 2 aliphatic rings. The zero-order chi connectivity index (χ0) is 10.3. The van der Waals surface area contributed by atoms with E-state index in [-0.39, 0.29) is 28.8 Å². The first kappa shape index (κ1) is 9.88. The molecule has 0 aromatic carbocycles. The second kappa shape index (κ2) is 3.18. The van der Waals surface area contributed by atoms with Crippen LogP contribution in [0.4, 0.5) is 0 Å². The minimum absolute atomic E-state index is 0.184. The van der Waals surface area contributed by atoms with E-state index >= 15 is 0 Å². The van der Waals surface area contributed by atoms with Crippen LogP contribution in [0.3, 0.4) is 0 Å². The Hall–Kier alpha value is -0.660. The Morgan fingerprint density at radius 2 is 2.00 bits per heavy atom. The van der Waals surface area contributed by atoms with E-state index in [0.717, 1.165) is 25.7 Å². The molecule has 2 fully saturated rings. The lowest BCUT2D eigenvalue weighted by atomic mass is 9.70. The molecular weight excluding hydrogens is 176 g/mol. The highest BCUT2D eigenvalue weighted by atomic mass is 16.2. The molecule has 0 aliphatic heterocycles. The van der Waals surface area contributed by atoms with Crippen LogP contribution in [0.15, 0.2) is 0 Å². The first-order valence-electron chi connectivity index (χ1n) is 5.56. The molecule has 2 nitrogen and oxygen atoms in total. The van der Waals surface area contributed by atoms with Crippen LogP contribution in [0.5, 0.6) is 0 Å². The van der Waals surface area contributed by atoms with Crippen LogP contribution in [0, 0.1) is 17.3 Å². The number of carbonyl (C=O) groups excluding carboxylic acids is 2. The van der Waals surface area contributed by atoms with E-state index in [1.54, 1.807) is 0 Å². The van der Waals surface area contributed by atoms with E-state index in [9.17, 15) is 9.59 Å². The lowest BCUT2D eigenvalue weighted by molar-refractivity contribution is -0.137. The van der Waals surface area contributed by atoms with Gasteiger partial charge in [0.25, 0.3) is 0 Å². The number of hydrogen-bond acceptors (Lipinski definition) is 2. The number of hydrogen-bond donors (Lipinski definition) is 0. The summed E-state index contributed by atoms with van der Waals surface area (Å²) in [5.41, 5.74) is 0.184. The van der Waals surface area contributed by atoms with E-state index in [1.165, 1.54) is 0 Å². The molecule has 2 saturated carbocycles. The quantitative estimate of drug-likeness (QED) is 0.632. The van der Waals surface area contributed by atoms with Gasteiger partial charge in [-0.25, -0.2) is 0 Å². The van der Waals surface area contributed by atoms with Crippen LogP contribution in [-0.2, 0) is 9.59 Å². The van der Waals surface area contributed by atoms with Crippen molar-refractivity contribution in [1.82, 2.24) is 0 Å². The summed E-state index contributed by atoms with van der Waals surface area (Å²) in [4.78, 5) is 23.5. The highest BCUT2D eigenvalue weighted by molar-refractivity contribution is 6.04.